The summed E-state index contributed by atoms with van der Waals surface area (Å²) in [6.07, 6.45) is 7.37. The monoisotopic (exact) mass is 514 g/mol. The van der Waals surface area contributed by atoms with E-state index in [2.05, 4.69) is 25.1 Å². The van der Waals surface area contributed by atoms with E-state index in [0.29, 0.717) is 18.6 Å². The van der Waals surface area contributed by atoms with Crippen LogP contribution in [0.2, 0.25) is 0 Å². The number of aryl methyl sites for hydroxylation is 1. The lowest BCUT2D eigenvalue weighted by Gasteiger charge is -2.32. The number of Topliss-reactive ketones (excluding diaryl/α,β-unsaturated/α-hetero) is 4. The minimum atomic E-state index is -0.127. The van der Waals surface area contributed by atoms with Gasteiger partial charge in [-0.15, -0.1) is 0 Å². The van der Waals surface area contributed by atoms with Crippen LogP contribution in [0, 0.1) is 30.6 Å². The Balaban J connectivity index is 1.58. The zero-order chi connectivity index (χ0) is 27.4. The van der Waals surface area contributed by atoms with Crippen LogP contribution in [0.5, 0.6) is 0 Å². The second-order valence-electron chi connectivity index (χ2n) is 11.7. The van der Waals surface area contributed by atoms with Gasteiger partial charge in [0.15, 0.2) is 5.78 Å². The molecule has 202 valence electrons. The van der Waals surface area contributed by atoms with Crippen LogP contribution in [0.1, 0.15) is 99.2 Å². The lowest BCUT2D eigenvalue weighted by Crippen LogP contribution is -2.30. The summed E-state index contributed by atoms with van der Waals surface area (Å²) in [5, 5.41) is 0. The van der Waals surface area contributed by atoms with Crippen molar-refractivity contribution in [3.8, 4) is 11.1 Å². The van der Waals surface area contributed by atoms with Crippen molar-refractivity contribution in [2.24, 2.45) is 23.7 Å². The van der Waals surface area contributed by atoms with Gasteiger partial charge in [-0.05, 0) is 85.6 Å². The Hall–Kier alpha value is -2.88. The minimum Gasteiger partial charge on any atom is -0.300 e. The molecule has 0 N–H and O–H groups in total. The van der Waals surface area contributed by atoms with E-state index in [0.717, 1.165) is 78.3 Å². The van der Waals surface area contributed by atoms with Gasteiger partial charge in [-0.1, -0.05) is 63.1 Å². The van der Waals surface area contributed by atoms with Crippen LogP contribution in [0.15, 0.2) is 36.4 Å². The first kappa shape index (κ1) is 28.1. The molecule has 4 rings (SSSR count). The van der Waals surface area contributed by atoms with E-state index in [-0.39, 0.29) is 47.4 Å². The fraction of sp³-hybridized carbons (Fsp3) is 0.529. The first-order chi connectivity index (χ1) is 18.2. The maximum absolute atomic E-state index is 13.5. The van der Waals surface area contributed by atoms with Crippen molar-refractivity contribution in [1.29, 1.82) is 0 Å². The molecule has 0 saturated heterocycles. The SMILES string of the molecule is CCCC(CC1CC(=O)c2c(C)ccc(-c3ccc(CC(=O)C4CC4)cc3)c2C1)C(CC)C(=O)CC(C)=O. The number of benzene rings is 2. The average Bonchev–Trinajstić information content (AvgIpc) is 3.71. The summed E-state index contributed by atoms with van der Waals surface area (Å²) in [6, 6.07) is 12.4. The summed E-state index contributed by atoms with van der Waals surface area (Å²) in [5.41, 5.74) is 6.21. The summed E-state index contributed by atoms with van der Waals surface area (Å²) >= 11 is 0. The summed E-state index contributed by atoms with van der Waals surface area (Å²) < 4.78 is 0. The molecule has 2 aliphatic carbocycles. The molecule has 38 heavy (non-hydrogen) atoms. The molecule has 0 aliphatic heterocycles. The van der Waals surface area contributed by atoms with Crippen molar-refractivity contribution < 1.29 is 19.2 Å². The Morgan fingerprint density at radius 1 is 0.974 bits per heavy atom. The van der Waals surface area contributed by atoms with E-state index < -0.39 is 0 Å². The molecule has 4 heteroatoms. The summed E-state index contributed by atoms with van der Waals surface area (Å²) in [4.78, 5) is 50.3. The molecule has 2 aromatic rings. The Kier molecular flexibility index (Phi) is 9.12. The van der Waals surface area contributed by atoms with E-state index in [4.69, 9.17) is 0 Å². The molecular weight excluding hydrogens is 472 g/mol. The highest BCUT2D eigenvalue weighted by molar-refractivity contribution is 6.02. The lowest BCUT2D eigenvalue weighted by molar-refractivity contribution is -0.130. The number of hydrogen-bond acceptors (Lipinski definition) is 4. The predicted molar refractivity (Wildman–Crippen MR) is 151 cm³/mol. The molecule has 1 fully saturated rings. The van der Waals surface area contributed by atoms with Crippen LogP contribution in [0.25, 0.3) is 11.1 Å². The van der Waals surface area contributed by atoms with Crippen molar-refractivity contribution in [3.05, 3.63) is 58.7 Å². The molecule has 1 saturated carbocycles. The number of hydrogen-bond donors (Lipinski definition) is 0. The summed E-state index contributed by atoms with van der Waals surface area (Å²) in [5.74, 6) is 1.02. The minimum absolute atomic E-state index is 0.0107. The lowest BCUT2D eigenvalue weighted by atomic mass is 9.71. The third-order valence-corrected chi connectivity index (χ3v) is 8.58. The fourth-order valence-corrected chi connectivity index (χ4v) is 6.56. The summed E-state index contributed by atoms with van der Waals surface area (Å²) in [7, 11) is 0. The number of carbonyl (C=O) groups excluding carboxylic acids is 4. The Morgan fingerprint density at radius 2 is 1.68 bits per heavy atom. The molecule has 2 aliphatic rings. The summed E-state index contributed by atoms with van der Waals surface area (Å²) in [6.45, 7) is 7.67. The van der Waals surface area contributed by atoms with Crippen molar-refractivity contribution in [2.45, 2.75) is 91.9 Å². The number of carbonyl (C=O) groups is 4. The molecular formula is C34H42O4. The largest absolute Gasteiger partial charge is 0.300 e. The number of ketones is 4. The van der Waals surface area contributed by atoms with Crippen molar-refractivity contribution >= 4 is 23.1 Å². The topological polar surface area (TPSA) is 68.3 Å². The van der Waals surface area contributed by atoms with Crippen molar-refractivity contribution in [1.82, 2.24) is 0 Å². The van der Waals surface area contributed by atoms with E-state index in [9.17, 15) is 19.2 Å². The van der Waals surface area contributed by atoms with Crippen LogP contribution >= 0.6 is 0 Å². The van der Waals surface area contributed by atoms with Gasteiger partial charge in [-0.3, -0.25) is 19.2 Å². The van der Waals surface area contributed by atoms with Crippen LogP contribution < -0.4 is 0 Å². The van der Waals surface area contributed by atoms with Crippen LogP contribution in [-0.4, -0.2) is 23.1 Å². The van der Waals surface area contributed by atoms with Crippen molar-refractivity contribution in [3.63, 3.8) is 0 Å². The molecule has 3 unspecified atom stereocenters. The first-order valence-corrected chi connectivity index (χ1v) is 14.5. The molecule has 3 atom stereocenters. The van der Waals surface area contributed by atoms with Crippen LogP contribution in [0.3, 0.4) is 0 Å². The predicted octanol–water partition coefficient (Wildman–Crippen LogP) is 7.31. The van der Waals surface area contributed by atoms with Gasteiger partial charge < -0.3 is 0 Å². The zero-order valence-corrected chi connectivity index (χ0v) is 23.5. The van der Waals surface area contributed by atoms with Gasteiger partial charge in [0.25, 0.3) is 0 Å². The highest BCUT2D eigenvalue weighted by Gasteiger charge is 2.34. The number of fused-ring (bicyclic) bond motifs is 1. The van der Waals surface area contributed by atoms with E-state index in [1.165, 1.54) is 6.92 Å². The molecule has 0 bridgehead atoms. The van der Waals surface area contributed by atoms with Crippen LogP contribution in [-0.2, 0) is 27.2 Å². The Bertz CT molecular complexity index is 1200. The van der Waals surface area contributed by atoms with E-state index in [1.54, 1.807) is 0 Å². The van der Waals surface area contributed by atoms with Gasteiger partial charge in [0.2, 0.25) is 0 Å². The van der Waals surface area contributed by atoms with Gasteiger partial charge in [-0.25, -0.2) is 0 Å². The highest BCUT2D eigenvalue weighted by atomic mass is 16.1. The molecule has 0 spiro atoms. The normalized spacial score (nSPS) is 18.5. The average molecular weight is 515 g/mol. The number of rotatable bonds is 13. The van der Waals surface area contributed by atoms with Gasteiger partial charge in [0.1, 0.15) is 17.3 Å². The van der Waals surface area contributed by atoms with Crippen LogP contribution in [0.4, 0.5) is 0 Å². The zero-order valence-electron chi connectivity index (χ0n) is 23.5. The van der Waals surface area contributed by atoms with Gasteiger partial charge in [0, 0.05) is 30.2 Å². The highest BCUT2D eigenvalue weighted by Crippen LogP contribution is 2.40. The standard InChI is InChI=1S/C34H42O4/c1-5-7-27(28(6-2)32(37)16-22(4)35)17-24-18-30-29(15-8-21(3)34(30)33(38)20-24)25-11-9-23(10-12-25)19-31(36)26-13-14-26/h8-12,15,24,26-28H,5-7,13-14,16-20H2,1-4H3. The molecule has 4 nitrogen and oxygen atoms in total. The van der Waals surface area contributed by atoms with E-state index in [1.807, 2.05) is 32.0 Å². The molecule has 2 aromatic carbocycles. The quantitative estimate of drug-likeness (QED) is 0.263. The third-order valence-electron chi connectivity index (χ3n) is 8.58. The Morgan fingerprint density at radius 3 is 2.29 bits per heavy atom. The fourth-order valence-electron chi connectivity index (χ4n) is 6.56. The second-order valence-corrected chi connectivity index (χ2v) is 11.7. The van der Waals surface area contributed by atoms with Gasteiger partial charge in [-0.2, -0.15) is 0 Å². The maximum atomic E-state index is 13.5. The maximum Gasteiger partial charge on any atom is 0.163 e. The molecule has 0 heterocycles. The second kappa shape index (κ2) is 12.3. The first-order valence-electron chi connectivity index (χ1n) is 14.5. The third kappa shape index (κ3) is 6.57. The molecule has 0 aromatic heterocycles. The van der Waals surface area contributed by atoms with Gasteiger partial charge >= 0.3 is 0 Å². The molecule has 0 radical (unpaired) electrons. The molecule has 0 amide bonds. The van der Waals surface area contributed by atoms with Crippen molar-refractivity contribution in [2.75, 3.05) is 0 Å². The van der Waals surface area contributed by atoms with Gasteiger partial charge in [0.05, 0.1) is 6.42 Å². The smallest absolute Gasteiger partial charge is 0.163 e. The van der Waals surface area contributed by atoms with E-state index >= 15 is 0 Å². The Labute approximate surface area is 227 Å².